The summed E-state index contributed by atoms with van der Waals surface area (Å²) in [5.74, 6) is 0. The summed E-state index contributed by atoms with van der Waals surface area (Å²) in [4.78, 5) is 0. The molecular weight excluding hydrogens is 263 g/mol. The minimum atomic E-state index is 0.747. The van der Waals surface area contributed by atoms with Crippen molar-refractivity contribution in [2.45, 2.75) is 0 Å². The lowest BCUT2D eigenvalue weighted by molar-refractivity contribution is 1.78. The Morgan fingerprint density at radius 2 is 1.44 bits per heavy atom. The molecule has 0 N–H and O–H groups in total. The van der Waals surface area contributed by atoms with Crippen molar-refractivity contribution < 1.29 is 0 Å². The Balaban J connectivity index is 2.46. The Kier molecular flexibility index (Phi) is 2.03. The van der Waals surface area contributed by atoms with Crippen molar-refractivity contribution in [1.82, 2.24) is 0 Å². The SMILES string of the molecule is Clc1cc2ccc3cccc4c(Cl)cc(c1)c2c34. The third-order valence-electron chi connectivity index (χ3n) is 3.49. The molecule has 0 aromatic heterocycles. The zero-order chi connectivity index (χ0) is 12.3. The Labute approximate surface area is 114 Å². The second-order valence-corrected chi connectivity index (χ2v) is 5.40. The zero-order valence-electron chi connectivity index (χ0n) is 9.37. The van der Waals surface area contributed by atoms with Crippen molar-refractivity contribution in [1.29, 1.82) is 0 Å². The molecule has 4 aromatic rings. The summed E-state index contributed by atoms with van der Waals surface area (Å²) in [7, 11) is 0. The summed E-state index contributed by atoms with van der Waals surface area (Å²) in [6.45, 7) is 0. The minimum absolute atomic E-state index is 0.747. The molecule has 0 unspecified atom stereocenters. The van der Waals surface area contributed by atoms with Crippen LogP contribution in [0.25, 0.3) is 32.3 Å². The van der Waals surface area contributed by atoms with E-state index in [1.54, 1.807) is 0 Å². The van der Waals surface area contributed by atoms with Gasteiger partial charge >= 0.3 is 0 Å². The van der Waals surface area contributed by atoms with Crippen LogP contribution in [0.3, 0.4) is 0 Å². The third-order valence-corrected chi connectivity index (χ3v) is 4.02. The van der Waals surface area contributed by atoms with Crippen molar-refractivity contribution in [3.63, 3.8) is 0 Å². The van der Waals surface area contributed by atoms with E-state index < -0.39 is 0 Å². The molecule has 0 aliphatic carbocycles. The number of hydrogen-bond acceptors (Lipinski definition) is 0. The molecule has 0 heterocycles. The number of rotatable bonds is 0. The molecule has 0 saturated heterocycles. The van der Waals surface area contributed by atoms with Crippen LogP contribution in [-0.4, -0.2) is 0 Å². The summed E-state index contributed by atoms with van der Waals surface area (Å²) in [6.07, 6.45) is 0. The molecule has 86 valence electrons. The van der Waals surface area contributed by atoms with E-state index in [0.717, 1.165) is 26.2 Å². The Bertz CT molecular complexity index is 894. The van der Waals surface area contributed by atoms with Crippen molar-refractivity contribution in [3.05, 3.63) is 58.6 Å². The highest BCUT2D eigenvalue weighted by molar-refractivity contribution is 6.40. The van der Waals surface area contributed by atoms with Gasteiger partial charge in [0.1, 0.15) is 0 Å². The lowest BCUT2D eigenvalue weighted by Gasteiger charge is -2.12. The van der Waals surface area contributed by atoms with Gasteiger partial charge in [-0.15, -0.1) is 0 Å². The van der Waals surface area contributed by atoms with E-state index in [4.69, 9.17) is 23.2 Å². The Morgan fingerprint density at radius 3 is 2.33 bits per heavy atom. The summed E-state index contributed by atoms with van der Waals surface area (Å²) >= 11 is 12.5. The van der Waals surface area contributed by atoms with Gasteiger partial charge in [-0.05, 0) is 45.1 Å². The average Bonchev–Trinajstić information content (AvgIpc) is 2.36. The van der Waals surface area contributed by atoms with Crippen LogP contribution in [0.2, 0.25) is 10.0 Å². The van der Waals surface area contributed by atoms with Gasteiger partial charge in [0.25, 0.3) is 0 Å². The first kappa shape index (κ1) is 10.4. The fraction of sp³-hybridized carbons (Fsp3) is 0. The Morgan fingerprint density at radius 1 is 0.667 bits per heavy atom. The van der Waals surface area contributed by atoms with Crippen LogP contribution >= 0.6 is 23.2 Å². The molecule has 0 amide bonds. The molecule has 0 aliphatic rings. The molecule has 2 heteroatoms. The first-order valence-electron chi connectivity index (χ1n) is 5.76. The van der Waals surface area contributed by atoms with Gasteiger partial charge in [-0.1, -0.05) is 53.5 Å². The normalized spacial score (nSPS) is 11.9. The summed E-state index contributed by atoms with van der Waals surface area (Å²) in [6, 6.07) is 16.4. The van der Waals surface area contributed by atoms with Crippen LogP contribution < -0.4 is 0 Å². The van der Waals surface area contributed by atoms with E-state index in [0.29, 0.717) is 0 Å². The van der Waals surface area contributed by atoms with Gasteiger partial charge in [-0.3, -0.25) is 0 Å². The quantitative estimate of drug-likeness (QED) is 0.350. The molecule has 0 bridgehead atoms. The molecule has 0 radical (unpaired) electrons. The first-order valence-corrected chi connectivity index (χ1v) is 6.52. The third kappa shape index (κ3) is 1.28. The van der Waals surface area contributed by atoms with Crippen LogP contribution in [0, 0.1) is 0 Å². The van der Waals surface area contributed by atoms with Gasteiger partial charge in [0, 0.05) is 15.4 Å². The predicted molar refractivity (Wildman–Crippen MR) is 80.2 cm³/mol. The van der Waals surface area contributed by atoms with Gasteiger partial charge in [-0.2, -0.15) is 0 Å². The number of benzene rings is 4. The van der Waals surface area contributed by atoms with E-state index in [-0.39, 0.29) is 0 Å². The highest BCUT2D eigenvalue weighted by Crippen LogP contribution is 2.39. The molecule has 4 aromatic carbocycles. The zero-order valence-corrected chi connectivity index (χ0v) is 10.9. The maximum absolute atomic E-state index is 6.37. The number of hydrogen-bond donors (Lipinski definition) is 0. The maximum Gasteiger partial charge on any atom is 0.0491 e. The molecule has 0 aliphatic heterocycles. The highest BCUT2D eigenvalue weighted by atomic mass is 35.5. The van der Waals surface area contributed by atoms with Gasteiger partial charge < -0.3 is 0 Å². The Hall–Kier alpha value is -1.50. The standard InChI is InChI=1S/C16H8Cl2/c17-12-6-10-5-4-9-2-1-3-13-14(18)8-11(7-12)15(10)16(9)13/h1-8H. The van der Waals surface area contributed by atoms with Crippen LogP contribution in [0.4, 0.5) is 0 Å². The van der Waals surface area contributed by atoms with Crippen LogP contribution in [-0.2, 0) is 0 Å². The van der Waals surface area contributed by atoms with Crippen LogP contribution in [0.1, 0.15) is 0 Å². The maximum atomic E-state index is 6.37. The summed E-state index contributed by atoms with van der Waals surface area (Å²) in [5.41, 5.74) is 0. The largest absolute Gasteiger partial charge is 0.0843 e. The van der Waals surface area contributed by atoms with Gasteiger partial charge in [-0.25, -0.2) is 0 Å². The lowest BCUT2D eigenvalue weighted by Crippen LogP contribution is -1.84. The van der Waals surface area contributed by atoms with E-state index in [2.05, 4.69) is 24.3 Å². The monoisotopic (exact) mass is 270 g/mol. The fourth-order valence-corrected chi connectivity index (χ4v) is 3.27. The molecular formula is C16H8Cl2. The molecule has 0 nitrogen and oxygen atoms in total. The van der Waals surface area contributed by atoms with Gasteiger partial charge in [0.2, 0.25) is 0 Å². The van der Waals surface area contributed by atoms with Gasteiger partial charge in [0.15, 0.2) is 0 Å². The second kappa shape index (κ2) is 3.50. The molecule has 0 spiro atoms. The molecule has 0 fully saturated rings. The number of halogens is 2. The lowest BCUT2D eigenvalue weighted by atomic mass is 9.94. The fourth-order valence-electron chi connectivity index (χ4n) is 2.76. The van der Waals surface area contributed by atoms with Crippen molar-refractivity contribution >= 4 is 55.5 Å². The smallest absolute Gasteiger partial charge is 0.0491 e. The van der Waals surface area contributed by atoms with Crippen LogP contribution in [0.5, 0.6) is 0 Å². The summed E-state index contributed by atoms with van der Waals surface area (Å²) < 4.78 is 0. The second-order valence-electron chi connectivity index (χ2n) is 4.55. The summed E-state index contributed by atoms with van der Waals surface area (Å²) in [5, 5.41) is 8.60. The first-order chi connectivity index (χ1) is 8.74. The highest BCUT2D eigenvalue weighted by Gasteiger charge is 2.11. The molecule has 0 saturated carbocycles. The topological polar surface area (TPSA) is 0 Å². The average molecular weight is 271 g/mol. The van der Waals surface area contributed by atoms with E-state index >= 15 is 0 Å². The van der Waals surface area contributed by atoms with Crippen molar-refractivity contribution in [2.75, 3.05) is 0 Å². The molecule has 18 heavy (non-hydrogen) atoms. The van der Waals surface area contributed by atoms with Crippen LogP contribution in [0.15, 0.2) is 48.5 Å². The predicted octanol–water partition coefficient (Wildman–Crippen LogP) is 5.89. The van der Waals surface area contributed by atoms with Crippen molar-refractivity contribution in [2.24, 2.45) is 0 Å². The molecule has 0 atom stereocenters. The minimum Gasteiger partial charge on any atom is -0.0843 e. The van der Waals surface area contributed by atoms with E-state index in [1.807, 2.05) is 24.3 Å². The van der Waals surface area contributed by atoms with E-state index in [1.165, 1.54) is 16.2 Å². The van der Waals surface area contributed by atoms with Crippen molar-refractivity contribution in [3.8, 4) is 0 Å². The molecule has 4 rings (SSSR count). The van der Waals surface area contributed by atoms with E-state index in [9.17, 15) is 0 Å². The van der Waals surface area contributed by atoms with Gasteiger partial charge in [0.05, 0.1) is 0 Å².